The van der Waals surface area contributed by atoms with Crippen LogP contribution < -0.4 is 14.4 Å². The largest absolute Gasteiger partial charge is 0.497 e. The molecule has 8 nitrogen and oxygen atoms in total. The van der Waals surface area contributed by atoms with Crippen molar-refractivity contribution in [3.05, 3.63) is 82.8 Å². The van der Waals surface area contributed by atoms with Gasteiger partial charge in [0.1, 0.15) is 17.3 Å². The van der Waals surface area contributed by atoms with Gasteiger partial charge in [0.25, 0.3) is 10.0 Å². The minimum Gasteiger partial charge on any atom is -0.497 e. The number of anilines is 2. The lowest BCUT2D eigenvalue weighted by Crippen LogP contribution is -2.38. The summed E-state index contributed by atoms with van der Waals surface area (Å²) in [5, 5.41) is 12.0. The summed E-state index contributed by atoms with van der Waals surface area (Å²) in [5.74, 6) is 0.0989. The summed E-state index contributed by atoms with van der Waals surface area (Å²) in [6.07, 6.45) is 0. The smallest absolute Gasteiger partial charge is 0.264 e. The Labute approximate surface area is 216 Å². The van der Waals surface area contributed by atoms with E-state index in [9.17, 15) is 13.2 Å². The molecule has 1 aromatic heterocycles. The van der Waals surface area contributed by atoms with Crippen LogP contribution in [0, 0.1) is 0 Å². The van der Waals surface area contributed by atoms with Crippen molar-refractivity contribution in [1.82, 2.24) is 10.2 Å². The highest BCUT2D eigenvalue weighted by Crippen LogP contribution is 2.31. The van der Waals surface area contributed by atoms with Crippen LogP contribution in [0.3, 0.4) is 0 Å². The normalized spacial score (nSPS) is 11.2. The van der Waals surface area contributed by atoms with Crippen molar-refractivity contribution in [2.75, 3.05) is 23.3 Å². The fourth-order valence-electron chi connectivity index (χ4n) is 3.09. The second kappa shape index (κ2) is 10.6. The summed E-state index contributed by atoms with van der Waals surface area (Å²) >= 11 is 13.3. The van der Waals surface area contributed by atoms with Gasteiger partial charge < -0.3 is 4.74 Å². The molecule has 180 valence electrons. The van der Waals surface area contributed by atoms with Gasteiger partial charge >= 0.3 is 0 Å². The van der Waals surface area contributed by atoms with Gasteiger partial charge in [-0.3, -0.25) is 14.4 Å². The molecule has 0 atom stereocenters. The van der Waals surface area contributed by atoms with Gasteiger partial charge in [-0.1, -0.05) is 52.7 Å². The van der Waals surface area contributed by atoms with Gasteiger partial charge in [-0.2, -0.15) is 0 Å². The number of nitrogens with zero attached hydrogens (tertiary/aromatic N) is 3. The number of methoxy groups -OCH3 is 1. The van der Waals surface area contributed by atoms with Crippen molar-refractivity contribution in [1.29, 1.82) is 0 Å². The van der Waals surface area contributed by atoms with Crippen LogP contribution in [0.25, 0.3) is 10.6 Å². The van der Waals surface area contributed by atoms with Crippen LogP contribution >= 0.6 is 34.5 Å². The molecule has 0 aliphatic heterocycles. The van der Waals surface area contributed by atoms with E-state index in [1.54, 1.807) is 37.4 Å². The third kappa shape index (κ3) is 5.73. The average Bonchev–Trinajstić information content (AvgIpc) is 3.33. The van der Waals surface area contributed by atoms with E-state index in [-0.39, 0.29) is 25.8 Å². The van der Waals surface area contributed by atoms with Crippen molar-refractivity contribution in [3.8, 4) is 16.3 Å². The molecule has 1 amide bonds. The first-order chi connectivity index (χ1) is 16.8. The van der Waals surface area contributed by atoms with Gasteiger partial charge in [-0.25, -0.2) is 8.42 Å². The van der Waals surface area contributed by atoms with Crippen LogP contribution in [-0.4, -0.2) is 38.2 Å². The lowest BCUT2D eigenvalue weighted by atomic mass is 10.2. The number of nitrogens with one attached hydrogen (secondary N) is 1. The maximum Gasteiger partial charge on any atom is 0.264 e. The number of sulfonamides is 1. The van der Waals surface area contributed by atoms with Gasteiger partial charge in [-0.15, -0.1) is 10.2 Å². The second-order valence-corrected chi connectivity index (χ2v) is 10.8. The van der Waals surface area contributed by atoms with Crippen LogP contribution in [0.5, 0.6) is 5.75 Å². The Balaban J connectivity index is 1.58. The molecular weight excluding hydrogens is 531 g/mol. The molecule has 0 saturated heterocycles. The molecule has 0 spiro atoms. The first kappa shape index (κ1) is 24.9. The zero-order valence-corrected chi connectivity index (χ0v) is 21.3. The third-order valence-corrected chi connectivity index (χ3v) is 8.23. The molecule has 0 fully saturated rings. The first-order valence-corrected chi connectivity index (χ1v) is 13.1. The van der Waals surface area contributed by atoms with Crippen LogP contribution in [-0.2, 0) is 14.8 Å². The van der Waals surface area contributed by atoms with Crippen molar-refractivity contribution < 1.29 is 17.9 Å². The molecule has 0 radical (unpaired) electrons. The van der Waals surface area contributed by atoms with Gasteiger partial charge in [-0.05, 0) is 54.6 Å². The van der Waals surface area contributed by atoms with Crippen molar-refractivity contribution in [2.45, 2.75) is 4.90 Å². The lowest BCUT2D eigenvalue weighted by molar-refractivity contribution is -0.114. The summed E-state index contributed by atoms with van der Waals surface area (Å²) < 4.78 is 32.9. The fourth-order valence-corrected chi connectivity index (χ4v) is 5.58. The minimum absolute atomic E-state index is 0.0246. The number of amides is 1. The van der Waals surface area contributed by atoms with E-state index in [0.717, 1.165) is 21.2 Å². The van der Waals surface area contributed by atoms with Crippen molar-refractivity contribution in [2.24, 2.45) is 0 Å². The average molecular weight is 549 g/mol. The maximum atomic E-state index is 13.4. The highest BCUT2D eigenvalue weighted by Gasteiger charge is 2.28. The van der Waals surface area contributed by atoms with Gasteiger partial charge in [0.15, 0.2) is 0 Å². The molecule has 0 aliphatic carbocycles. The highest BCUT2D eigenvalue weighted by molar-refractivity contribution is 7.92. The van der Waals surface area contributed by atoms with E-state index in [1.807, 2.05) is 12.1 Å². The third-order valence-electron chi connectivity index (χ3n) is 4.82. The number of carbonyl (C=O) groups excluding carboxylic acids is 1. The lowest BCUT2D eigenvalue weighted by Gasteiger charge is -2.24. The van der Waals surface area contributed by atoms with E-state index < -0.39 is 22.5 Å². The second-order valence-electron chi connectivity index (χ2n) is 7.11. The number of carbonyl (C=O) groups is 1. The molecular formula is C23H18Cl2N4O4S2. The standard InChI is InChI=1S/C23H18Cl2N4O4S2/c1-33-17-10-7-15(8-11-17)22-27-28-23(34-22)26-21(30)14-29(16-9-12-19(24)20(25)13-16)35(31,32)18-5-3-2-4-6-18/h2-13H,14H2,1H3,(H,26,28,30). The van der Waals surface area contributed by atoms with E-state index >= 15 is 0 Å². The van der Waals surface area contributed by atoms with Crippen LogP contribution in [0.2, 0.25) is 10.0 Å². The molecule has 4 rings (SSSR count). The maximum absolute atomic E-state index is 13.4. The fraction of sp³-hybridized carbons (Fsp3) is 0.0870. The topological polar surface area (TPSA) is 101 Å². The van der Waals surface area contributed by atoms with Gasteiger partial charge in [0.2, 0.25) is 11.0 Å². The molecule has 4 aromatic rings. The quantitative estimate of drug-likeness (QED) is 0.318. The van der Waals surface area contributed by atoms with E-state index in [2.05, 4.69) is 15.5 Å². The summed E-state index contributed by atoms with van der Waals surface area (Å²) in [6, 6.07) is 19.4. The van der Waals surface area contributed by atoms with Crippen LogP contribution in [0.1, 0.15) is 0 Å². The number of aromatic nitrogens is 2. The molecule has 0 bridgehead atoms. The Morgan fingerprint density at radius 3 is 2.37 bits per heavy atom. The SMILES string of the molecule is COc1ccc(-c2nnc(NC(=O)CN(c3ccc(Cl)c(Cl)c3)S(=O)(=O)c3ccccc3)s2)cc1. The number of ether oxygens (including phenoxy) is 1. The molecule has 0 aliphatic rings. The molecule has 0 saturated carbocycles. The van der Waals surface area contributed by atoms with E-state index in [0.29, 0.717) is 10.8 Å². The zero-order chi connectivity index (χ0) is 25.0. The molecule has 3 aromatic carbocycles. The predicted molar refractivity (Wildman–Crippen MR) is 138 cm³/mol. The number of hydrogen-bond acceptors (Lipinski definition) is 7. The zero-order valence-electron chi connectivity index (χ0n) is 18.2. The van der Waals surface area contributed by atoms with Gasteiger partial charge in [0, 0.05) is 5.56 Å². The Kier molecular flexibility index (Phi) is 7.56. The molecule has 0 unspecified atom stereocenters. The Morgan fingerprint density at radius 2 is 1.71 bits per heavy atom. The highest BCUT2D eigenvalue weighted by atomic mass is 35.5. The minimum atomic E-state index is -4.09. The summed E-state index contributed by atoms with van der Waals surface area (Å²) in [5.41, 5.74) is 0.988. The Bertz CT molecular complexity index is 1450. The monoisotopic (exact) mass is 548 g/mol. The molecule has 1 N–H and O–H groups in total. The first-order valence-electron chi connectivity index (χ1n) is 10.1. The number of halogens is 2. The summed E-state index contributed by atoms with van der Waals surface area (Å²) in [7, 11) is -2.51. The van der Waals surface area contributed by atoms with Crippen molar-refractivity contribution in [3.63, 3.8) is 0 Å². The predicted octanol–water partition coefficient (Wildman–Crippen LogP) is 5.35. The van der Waals surface area contributed by atoms with Crippen LogP contribution in [0.4, 0.5) is 10.8 Å². The number of rotatable bonds is 8. The number of benzene rings is 3. The Morgan fingerprint density at radius 1 is 1.00 bits per heavy atom. The summed E-state index contributed by atoms with van der Waals surface area (Å²) in [4.78, 5) is 12.9. The molecule has 1 heterocycles. The van der Waals surface area contributed by atoms with Crippen LogP contribution in [0.15, 0.2) is 77.7 Å². The Hall–Kier alpha value is -3.18. The van der Waals surface area contributed by atoms with Gasteiger partial charge in [0.05, 0.1) is 27.7 Å². The van der Waals surface area contributed by atoms with E-state index in [1.165, 1.54) is 30.3 Å². The molecule has 12 heteroatoms. The van der Waals surface area contributed by atoms with E-state index in [4.69, 9.17) is 27.9 Å². The number of hydrogen-bond donors (Lipinski definition) is 1. The molecule has 35 heavy (non-hydrogen) atoms. The summed E-state index contributed by atoms with van der Waals surface area (Å²) in [6.45, 7) is -0.521. The van der Waals surface area contributed by atoms with Crippen molar-refractivity contribution >= 4 is 61.3 Å².